The van der Waals surface area contributed by atoms with Gasteiger partial charge in [0.15, 0.2) is 0 Å². The zero-order valence-electron chi connectivity index (χ0n) is 10.4. The monoisotopic (exact) mass is 279 g/mol. The van der Waals surface area contributed by atoms with Gasteiger partial charge in [0.2, 0.25) is 0 Å². The van der Waals surface area contributed by atoms with Gasteiger partial charge in [0.05, 0.1) is 18.9 Å². The molecule has 0 amide bonds. The summed E-state index contributed by atoms with van der Waals surface area (Å²) in [4.78, 5) is 1.41. The van der Waals surface area contributed by atoms with Crippen molar-refractivity contribution in [3.63, 3.8) is 0 Å². The van der Waals surface area contributed by atoms with Crippen LogP contribution in [0.1, 0.15) is 30.7 Å². The summed E-state index contributed by atoms with van der Waals surface area (Å²) in [7, 11) is 0. The van der Waals surface area contributed by atoms with Crippen LogP contribution in [0.25, 0.3) is 9.40 Å². The Hall–Kier alpha value is -0.840. The molecule has 1 aliphatic heterocycles. The number of likely N-dealkylation sites (N-methyl/N-ethyl adjacent to an activating group) is 1. The Morgan fingerprint density at radius 3 is 3.11 bits per heavy atom. The molecule has 0 aliphatic carbocycles. The van der Waals surface area contributed by atoms with Crippen molar-refractivity contribution >= 4 is 32.1 Å². The Bertz CT molecular complexity index is 526. The van der Waals surface area contributed by atoms with Crippen molar-refractivity contribution in [2.24, 2.45) is 0 Å². The topological polar surface area (TPSA) is 21.3 Å². The van der Waals surface area contributed by atoms with E-state index in [1.807, 2.05) is 28.9 Å². The van der Waals surface area contributed by atoms with Crippen molar-refractivity contribution in [1.82, 2.24) is 5.32 Å². The number of hydrogen-bond donors (Lipinski definition) is 1. The predicted molar refractivity (Wildman–Crippen MR) is 79.4 cm³/mol. The van der Waals surface area contributed by atoms with Crippen LogP contribution in [0.4, 0.5) is 0 Å². The molecule has 0 aromatic carbocycles. The van der Waals surface area contributed by atoms with E-state index < -0.39 is 0 Å². The first-order chi connectivity index (χ1) is 8.88. The number of fused-ring (bicyclic) bond motifs is 1. The SMILES string of the molecule is CCNC(C1=COCCC1)c1cc2sccc2s1. The lowest BCUT2D eigenvalue weighted by molar-refractivity contribution is 0.219. The molecule has 18 heavy (non-hydrogen) atoms. The molecule has 0 saturated heterocycles. The molecule has 1 aliphatic rings. The smallest absolute Gasteiger partial charge is 0.0876 e. The van der Waals surface area contributed by atoms with Gasteiger partial charge in [-0.05, 0) is 42.5 Å². The van der Waals surface area contributed by atoms with Crippen molar-refractivity contribution in [1.29, 1.82) is 0 Å². The van der Waals surface area contributed by atoms with E-state index in [-0.39, 0.29) is 0 Å². The molecule has 0 fully saturated rings. The summed E-state index contributed by atoms with van der Waals surface area (Å²) in [5.74, 6) is 0. The quantitative estimate of drug-likeness (QED) is 0.900. The Kier molecular flexibility index (Phi) is 3.68. The molecule has 0 saturated carbocycles. The molecule has 4 heteroatoms. The highest BCUT2D eigenvalue weighted by atomic mass is 32.1. The maximum absolute atomic E-state index is 5.49. The van der Waals surface area contributed by atoms with Crippen LogP contribution in [0.2, 0.25) is 0 Å². The Morgan fingerprint density at radius 1 is 1.44 bits per heavy atom. The lowest BCUT2D eigenvalue weighted by atomic mass is 10.0. The fraction of sp³-hybridized carbons (Fsp3) is 0.429. The second-order valence-corrected chi connectivity index (χ2v) is 6.52. The zero-order chi connectivity index (χ0) is 12.4. The van der Waals surface area contributed by atoms with Crippen LogP contribution in [0.5, 0.6) is 0 Å². The highest BCUT2D eigenvalue weighted by Crippen LogP contribution is 2.37. The molecule has 0 radical (unpaired) electrons. The van der Waals surface area contributed by atoms with E-state index in [0.717, 1.165) is 26.0 Å². The largest absolute Gasteiger partial charge is 0.501 e. The van der Waals surface area contributed by atoms with E-state index >= 15 is 0 Å². The minimum Gasteiger partial charge on any atom is -0.501 e. The standard InChI is InChI=1S/C14H17NOS2/c1-2-15-14(10-4-3-6-16-9-10)13-8-12-11(18-13)5-7-17-12/h5,7-9,14-15H,2-4,6H2,1H3. The molecule has 1 N–H and O–H groups in total. The first-order valence-corrected chi connectivity index (χ1v) is 8.09. The van der Waals surface area contributed by atoms with E-state index in [1.165, 1.54) is 19.9 Å². The summed E-state index contributed by atoms with van der Waals surface area (Å²) >= 11 is 3.72. The maximum Gasteiger partial charge on any atom is 0.0876 e. The number of nitrogens with one attached hydrogen (secondary N) is 1. The van der Waals surface area contributed by atoms with Gasteiger partial charge >= 0.3 is 0 Å². The van der Waals surface area contributed by atoms with Crippen molar-refractivity contribution < 1.29 is 4.74 Å². The van der Waals surface area contributed by atoms with Gasteiger partial charge in [0.25, 0.3) is 0 Å². The first-order valence-electron chi connectivity index (χ1n) is 6.39. The zero-order valence-corrected chi connectivity index (χ0v) is 12.1. The van der Waals surface area contributed by atoms with Crippen LogP contribution in [0, 0.1) is 0 Å². The summed E-state index contributed by atoms with van der Waals surface area (Å²) in [5, 5.41) is 5.75. The third-order valence-electron chi connectivity index (χ3n) is 3.18. The number of thiophene rings is 2. The van der Waals surface area contributed by atoms with Gasteiger partial charge in [0, 0.05) is 14.3 Å². The fourth-order valence-electron chi connectivity index (χ4n) is 2.34. The first kappa shape index (κ1) is 12.2. The number of ether oxygens (including phenoxy) is 1. The molecule has 0 spiro atoms. The van der Waals surface area contributed by atoms with E-state index in [1.54, 1.807) is 0 Å². The van der Waals surface area contributed by atoms with Crippen LogP contribution >= 0.6 is 22.7 Å². The summed E-state index contributed by atoms with van der Waals surface area (Å²) in [5.41, 5.74) is 1.39. The van der Waals surface area contributed by atoms with Crippen molar-refractivity contribution in [2.75, 3.05) is 13.2 Å². The van der Waals surface area contributed by atoms with E-state index in [9.17, 15) is 0 Å². The number of rotatable bonds is 4. The molecular weight excluding hydrogens is 262 g/mol. The normalized spacial score (nSPS) is 17.5. The second-order valence-electron chi connectivity index (χ2n) is 4.46. The van der Waals surface area contributed by atoms with Crippen molar-refractivity contribution in [2.45, 2.75) is 25.8 Å². The summed E-state index contributed by atoms with van der Waals surface area (Å²) in [6.45, 7) is 4.00. The maximum atomic E-state index is 5.49. The van der Waals surface area contributed by atoms with Gasteiger partial charge < -0.3 is 10.1 Å². The lowest BCUT2D eigenvalue weighted by Crippen LogP contribution is -2.23. The highest BCUT2D eigenvalue weighted by molar-refractivity contribution is 7.27. The molecule has 3 heterocycles. The molecule has 3 rings (SSSR count). The van der Waals surface area contributed by atoms with Crippen LogP contribution in [0.3, 0.4) is 0 Å². The molecule has 1 unspecified atom stereocenters. The molecular formula is C14H17NOS2. The van der Waals surface area contributed by atoms with Crippen molar-refractivity contribution in [3.05, 3.63) is 34.2 Å². The van der Waals surface area contributed by atoms with E-state index in [2.05, 4.69) is 29.8 Å². The summed E-state index contributed by atoms with van der Waals surface area (Å²) < 4.78 is 8.29. The van der Waals surface area contributed by atoms with Gasteiger partial charge in [-0.2, -0.15) is 0 Å². The van der Waals surface area contributed by atoms with Crippen LogP contribution in [-0.2, 0) is 4.74 Å². The van der Waals surface area contributed by atoms with E-state index in [0.29, 0.717) is 6.04 Å². The average molecular weight is 279 g/mol. The summed E-state index contributed by atoms with van der Waals surface area (Å²) in [6.07, 6.45) is 4.24. The molecule has 2 nitrogen and oxygen atoms in total. The molecule has 1 atom stereocenters. The van der Waals surface area contributed by atoms with Gasteiger partial charge in [-0.1, -0.05) is 6.92 Å². The molecule has 2 aromatic heterocycles. The van der Waals surface area contributed by atoms with Gasteiger partial charge in [0.1, 0.15) is 0 Å². The molecule has 0 bridgehead atoms. The van der Waals surface area contributed by atoms with Gasteiger partial charge in [-0.3, -0.25) is 0 Å². The Morgan fingerprint density at radius 2 is 2.39 bits per heavy atom. The minimum atomic E-state index is 0.333. The molecule has 96 valence electrons. The fourth-order valence-corrected chi connectivity index (χ4v) is 4.58. The van der Waals surface area contributed by atoms with Gasteiger partial charge in [-0.25, -0.2) is 0 Å². The third-order valence-corrected chi connectivity index (χ3v) is 5.34. The minimum absolute atomic E-state index is 0.333. The second kappa shape index (κ2) is 5.43. The van der Waals surface area contributed by atoms with Gasteiger partial charge in [-0.15, -0.1) is 22.7 Å². The Labute approximate surface area is 115 Å². The Balaban J connectivity index is 1.93. The van der Waals surface area contributed by atoms with Crippen molar-refractivity contribution in [3.8, 4) is 0 Å². The van der Waals surface area contributed by atoms with Crippen LogP contribution < -0.4 is 5.32 Å². The highest BCUT2D eigenvalue weighted by Gasteiger charge is 2.20. The van der Waals surface area contributed by atoms with Crippen LogP contribution in [-0.4, -0.2) is 13.2 Å². The summed E-state index contributed by atoms with van der Waals surface area (Å²) in [6, 6.07) is 4.87. The predicted octanol–water partition coefficient (Wildman–Crippen LogP) is 4.31. The average Bonchev–Trinajstić information content (AvgIpc) is 2.97. The van der Waals surface area contributed by atoms with Crippen LogP contribution in [0.15, 0.2) is 29.3 Å². The third kappa shape index (κ3) is 2.32. The lowest BCUT2D eigenvalue weighted by Gasteiger charge is -2.23. The molecule has 2 aromatic rings. The number of hydrogen-bond acceptors (Lipinski definition) is 4. The van der Waals surface area contributed by atoms with E-state index in [4.69, 9.17) is 4.74 Å².